The number of aryl methyl sites for hydroxylation is 2. The Labute approximate surface area is 221 Å². The standard InChI is InChI=1S/C29H38N4O3S/c1-22-19-28(36-5)29(20-23(22)2)37(34,35)30-21-27(24-11-13-25(14-12-24)31(3)4)33-17-15-32(16-18-33)26-9-7-6-8-10-26/h6-14,19-20,27,30H,15-18,21H2,1-5H3. The van der Waals surface area contributed by atoms with Crippen LogP contribution in [0.3, 0.4) is 0 Å². The fraction of sp³-hybridized carbons (Fsp3) is 0.379. The topological polar surface area (TPSA) is 65.1 Å². The van der Waals surface area contributed by atoms with E-state index in [0.717, 1.165) is 48.6 Å². The van der Waals surface area contributed by atoms with Crippen molar-refractivity contribution in [1.82, 2.24) is 9.62 Å². The lowest BCUT2D eigenvalue weighted by molar-refractivity contribution is 0.187. The number of ether oxygens (including phenoxy) is 1. The van der Waals surface area contributed by atoms with Crippen LogP contribution in [-0.4, -0.2) is 67.2 Å². The minimum Gasteiger partial charge on any atom is -0.495 e. The summed E-state index contributed by atoms with van der Waals surface area (Å²) in [5.74, 6) is 0.360. The largest absolute Gasteiger partial charge is 0.495 e. The van der Waals surface area contributed by atoms with E-state index in [-0.39, 0.29) is 17.5 Å². The highest BCUT2D eigenvalue weighted by atomic mass is 32.2. The Morgan fingerprint density at radius 2 is 1.54 bits per heavy atom. The molecule has 0 saturated carbocycles. The van der Waals surface area contributed by atoms with Crippen LogP contribution in [-0.2, 0) is 10.0 Å². The number of nitrogens with one attached hydrogen (secondary N) is 1. The van der Waals surface area contributed by atoms with Crippen molar-refractivity contribution < 1.29 is 13.2 Å². The van der Waals surface area contributed by atoms with E-state index in [2.05, 4.69) is 68.0 Å². The molecule has 7 nitrogen and oxygen atoms in total. The van der Waals surface area contributed by atoms with Crippen molar-refractivity contribution in [3.05, 3.63) is 83.4 Å². The zero-order valence-electron chi connectivity index (χ0n) is 22.4. The second-order valence-electron chi connectivity index (χ2n) is 9.80. The lowest BCUT2D eigenvalue weighted by Crippen LogP contribution is -2.49. The van der Waals surface area contributed by atoms with E-state index >= 15 is 0 Å². The van der Waals surface area contributed by atoms with Gasteiger partial charge in [-0.3, -0.25) is 4.90 Å². The highest BCUT2D eigenvalue weighted by Crippen LogP contribution is 2.29. The van der Waals surface area contributed by atoms with Crippen LogP contribution in [0.25, 0.3) is 0 Å². The van der Waals surface area contributed by atoms with Crippen LogP contribution in [0, 0.1) is 13.8 Å². The molecule has 1 aliphatic rings. The Hall–Kier alpha value is -3.07. The monoisotopic (exact) mass is 522 g/mol. The van der Waals surface area contributed by atoms with Crippen molar-refractivity contribution in [1.29, 1.82) is 0 Å². The van der Waals surface area contributed by atoms with Crippen molar-refractivity contribution in [3.63, 3.8) is 0 Å². The summed E-state index contributed by atoms with van der Waals surface area (Å²) in [4.78, 5) is 7.00. The number of para-hydroxylation sites is 1. The minimum atomic E-state index is -3.78. The predicted molar refractivity (Wildman–Crippen MR) is 151 cm³/mol. The van der Waals surface area contributed by atoms with Crippen molar-refractivity contribution in [2.75, 3.05) is 63.7 Å². The van der Waals surface area contributed by atoms with Crippen molar-refractivity contribution in [2.24, 2.45) is 0 Å². The van der Waals surface area contributed by atoms with Gasteiger partial charge >= 0.3 is 0 Å². The number of methoxy groups -OCH3 is 1. The fourth-order valence-corrected chi connectivity index (χ4v) is 6.05. The molecule has 1 unspecified atom stereocenters. The Morgan fingerprint density at radius 3 is 2.14 bits per heavy atom. The van der Waals surface area contributed by atoms with E-state index in [1.807, 2.05) is 34.0 Å². The Morgan fingerprint density at radius 1 is 0.919 bits per heavy atom. The molecular formula is C29H38N4O3S. The second-order valence-corrected chi connectivity index (χ2v) is 11.5. The van der Waals surface area contributed by atoms with Gasteiger partial charge in [0.25, 0.3) is 0 Å². The van der Waals surface area contributed by atoms with Crippen LogP contribution in [0.15, 0.2) is 71.6 Å². The summed E-state index contributed by atoms with van der Waals surface area (Å²) in [6.45, 7) is 7.57. The van der Waals surface area contributed by atoms with E-state index in [4.69, 9.17) is 4.74 Å². The summed E-state index contributed by atoms with van der Waals surface area (Å²) in [6.07, 6.45) is 0. The molecule has 198 valence electrons. The minimum absolute atomic E-state index is 0.0959. The van der Waals surface area contributed by atoms with E-state index in [9.17, 15) is 8.42 Å². The summed E-state index contributed by atoms with van der Waals surface area (Å²) in [7, 11) is 1.75. The first-order valence-electron chi connectivity index (χ1n) is 12.7. The average molecular weight is 523 g/mol. The van der Waals surface area contributed by atoms with Gasteiger partial charge in [-0.15, -0.1) is 0 Å². The number of piperazine rings is 1. The predicted octanol–water partition coefficient (Wildman–Crippen LogP) is 4.22. The first-order valence-corrected chi connectivity index (χ1v) is 14.1. The third kappa shape index (κ3) is 6.26. The van der Waals surface area contributed by atoms with Gasteiger partial charge in [0.05, 0.1) is 7.11 Å². The molecule has 1 heterocycles. The summed E-state index contributed by atoms with van der Waals surface area (Å²) >= 11 is 0. The van der Waals surface area contributed by atoms with Gasteiger partial charge < -0.3 is 14.5 Å². The number of hydrogen-bond acceptors (Lipinski definition) is 6. The van der Waals surface area contributed by atoms with Crippen molar-refractivity contribution >= 4 is 21.4 Å². The lowest BCUT2D eigenvalue weighted by Gasteiger charge is -2.40. The van der Waals surface area contributed by atoms with Gasteiger partial charge in [-0.25, -0.2) is 13.1 Å². The molecule has 3 aromatic carbocycles. The first-order chi connectivity index (χ1) is 17.7. The fourth-order valence-electron chi connectivity index (χ4n) is 4.78. The maximum absolute atomic E-state index is 13.4. The number of benzene rings is 3. The molecule has 4 rings (SSSR count). The van der Waals surface area contributed by atoms with Gasteiger partial charge in [-0.05, 0) is 66.9 Å². The lowest BCUT2D eigenvalue weighted by atomic mass is 10.0. The smallest absolute Gasteiger partial charge is 0.244 e. The molecule has 1 fully saturated rings. The summed E-state index contributed by atoms with van der Waals surface area (Å²) in [6, 6.07) is 22.2. The molecule has 0 bridgehead atoms. The van der Waals surface area contributed by atoms with Crippen LogP contribution in [0.1, 0.15) is 22.7 Å². The normalized spacial score (nSPS) is 15.4. The highest BCUT2D eigenvalue weighted by Gasteiger charge is 2.28. The van der Waals surface area contributed by atoms with Crippen molar-refractivity contribution in [3.8, 4) is 5.75 Å². The third-order valence-electron chi connectivity index (χ3n) is 7.21. The summed E-state index contributed by atoms with van der Waals surface area (Å²) in [5.41, 5.74) is 5.32. The van der Waals surface area contributed by atoms with E-state index < -0.39 is 10.0 Å². The molecule has 1 saturated heterocycles. The molecule has 1 atom stereocenters. The highest BCUT2D eigenvalue weighted by molar-refractivity contribution is 7.89. The van der Waals surface area contributed by atoms with E-state index in [1.54, 1.807) is 12.1 Å². The van der Waals surface area contributed by atoms with Gasteiger partial charge in [0, 0.05) is 64.2 Å². The van der Waals surface area contributed by atoms with Crippen LogP contribution >= 0.6 is 0 Å². The first kappa shape index (κ1) is 27.0. The SMILES string of the molecule is COc1cc(C)c(C)cc1S(=O)(=O)NCC(c1ccc(N(C)C)cc1)N1CCN(c2ccccc2)CC1. The number of nitrogens with zero attached hydrogens (tertiary/aromatic N) is 3. The Balaban J connectivity index is 1.57. The molecule has 0 aliphatic carbocycles. The molecule has 37 heavy (non-hydrogen) atoms. The van der Waals surface area contributed by atoms with Crippen LogP contribution in [0.5, 0.6) is 5.75 Å². The Bertz CT molecular complexity index is 1290. The van der Waals surface area contributed by atoms with Gasteiger partial charge in [-0.1, -0.05) is 30.3 Å². The van der Waals surface area contributed by atoms with Gasteiger partial charge in [-0.2, -0.15) is 0 Å². The molecule has 8 heteroatoms. The second kappa shape index (κ2) is 11.5. The van der Waals surface area contributed by atoms with Gasteiger partial charge in [0.15, 0.2) is 0 Å². The molecule has 0 radical (unpaired) electrons. The number of hydrogen-bond donors (Lipinski definition) is 1. The molecular weight excluding hydrogens is 484 g/mol. The zero-order valence-corrected chi connectivity index (χ0v) is 23.3. The quantitative estimate of drug-likeness (QED) is 0.454. The zero-order chi connectivity index (χ0) is 26.6. The maximum Gasteiger partial charge on any atom is 0.244 e. The third-order valence-corrected chi connectivity index (χ3v) is 8.65. The summed E-state index contributed by atoms with van der Waals surface area (Å²) in [5, 5.41) is 0. The van der Waals surface area contributed by atoms with E-state index in [0.29, 0.717) is 5.75 Å². The number of sulfonamides is 1. The molecule has 0 spiro atoms. The molecule has 1 aliphatic heterocycles. The Kier molecular flexibility index (Phi) is 8.42. The van der Waals surface area contributed by atoms with Crippen LogP contribution < -0.4 is 19.3 Å². The van der Waals surface area contributed by atoms with Gasteiger partial charge in [0.1, 0.15) is 10.6 Å². The van der Waals surface area contributed by atoms with Crippen molar-refractivity contribution in [2.45, 2.75) is 24.8 Å². The van der Waals surface area contributed by atoms with Gasteiger partial charge in [0.2, 0.25) is 10.0 Å². The van der Waals surface area contributed by atoms with E-state index in [1.165, 1.54) is 12.8 Å². The molecule has 0 aromatic heterocycles. The number of anilines is 2. The van der Waals surface area contributed by atoms with Crippen LogP contribution in [0.4, 0.5) is 11.4 Å². The maximum atomic E-state index is 13.4. The molecule has 0 amide bonds. The molecule has 1 N–H and O–H groups in total. The number of rotatable bonds is 9. The van der Waals surface area contributed by atoms with Crippen LogP contribution in [0.2, 0.25) is 0 Å². The summed E-state index contributed by atoms with van der Waals surface area (Å²) < 4.78 is 35.2. The average Bonchev–Trinajstić information content (AvgIpc) is 2.91. The molecule has 3 aromatic rings.